The summed E-state index contributed by atoms with van der Waals surface area (Å²) in [5, 5.41) is 5.89. The van der Waals surface area contributed by atoms with Crippen LogP contribution in [-0.2, 0) is 4.74 Å². The van der Waals surface area contributed by atoms with Gasteiger partial charge in [-0.25, -0.2) is 0 Å². The van der Waals surface area contributed by atoms with Gasteiger partial charge in [-0.3, -0.25) is 0 Å². The minimum absolute atomic E-state index is 0.259. The quantitative estimate of drug-likeness (QED) is 0.851. The molecule has 20 heavy (non-hydrogen) atoms. The third kappa shape index (κ3) is 3.26. The van der Waals surface area contributed by atoms with Crippen molar-refractivity contribution in [1.82, 2.24) is 5.32 Å². The van der Waals surface area contributed by atoms with E-state index in [1.54, 1.807) is 0 Å². The molecule has 1 spiro atoms. The maximum atomic E-state index is 6.44. The predicted molar refractivity (Wildman–Crippen MR) is 85.3 cm³/mol. The smallest absolute Gasteiger partial charge is 0.0708 e. The van der Waals surface area contributed by atoms with Crippen LogP contribution in [0.3, 0.4) is 0 Å². The van der Waals surface area contributed by atoms with Gasteiger partial charge in [0.1, 0.15) is 0 Å². The van der Waals surface area contributed by atoms with Gasteiger partial charge < -0.3 is 10.1 Å². The van der Waals surface area contributed by atoms with E-state index < -0.39 is 0 Å². The summed E-state index contributed by atoms with van der Waals surface area (Å²) in [4.78, 5) is 1.46. The van der Waals surface area contributed by atoms with Crippen molar-refractivity contribution in [3.05, 3.63) is 22.4 Å². The molecule has 3 heteroatoms. The van der Waals surface area contributed by atoms with Crippen LogP contribution >= 0.6 is 11.3 Å². The molecule has 2 nitrogen and oxygen atoms in total. The van der Waals surface area contributed by atoms with E-state index in [0.717, 1.165) is 13.0 Å². The molecule has 1 saturated heterocycles. The Morgan fingerprint density at radius 1 is 1.35 bits per heavy atom. The Labute approximate surface area is 126 Å². The lowest BCUT2D eigenvalue weighted by atomic mass is 9.83. The maximum Gasteiger partial charge on any atom is 0.0708 e. The van der Waals surface area contributed by atoms with E-state index in [-0.39, 0.29) is 5.60 Å². The Morgan fingerprint density at radius 2 is 2.20 bits per heavy atom. The maximum absolute atomic E-state index is 6.44. The van der Waals surface area contributed by atoms with E-state index in [4.69, 9.17) is 4.74 Å². The van der Waals surface area contributed by atoms with Crippen LogP contribution in [0.4, 0.5) is 0 Å². The molecule has 2 fully saturated rings. The molecular formula is C17H27NOS. The monoisotopic (exact) mass is 293 g/mol. The minimum atomic E-state index is 0.259. The molecular weight excluding hydrogens is 266 g/mol. The van der Waals surface area contributed by atoms with Gasteiger partial charge in [-0.1, -0.05) is 32.3 Å². The van der Waals surface area contributed by atoms with Crippen LogP contribution in [0.25, 0.3) is 0 Å². The molecule has 0 radical (unpaired) electrons. The zero-order valence-electron chi connectivity index (χ0n) is 12.6. The van der Waals surface area contributed by atoms with Crippen molar-refractivity contribution in [2.24, 2.45) is 0 Å². The van der Waals surface area contributed by atoms with Crippen molar-refractivity contribution < 1.29 is 4.74 Å². The lowest BCUT2D eigenvalue weighted by Crippen LogP contribution is -2.35. The van der Waals surface area contributed by atoms with Gasteiger partial charge in [0, 0.05) is 17.5 Å². The molecule has 1 aliphatic heterocycles. The van der Waals surface area contributed by atoms with Crippen molar-refractivity contribution in [3.63, 3.8) is 0 Å². The molecule has 0 aromatic carbocycles. The number of thiophene rings is 1. The molecule has 1 aromatic rings. The Morgan fingerprint density at radius 3 is 2.90 bits per heavy atom. The van der Waals surface area contributed by atoms with Gasteiger partial charge in [0.25, 0.3) is 0 Å². The van der Waals surface area contributed by atoms with Gasteiger partial charge in [0.2, 0.25) is 0 Å². The second-order valence-electron chi connectivity index (χ2n) is 6.41. The molecule has 2 atom stereocenters. The normalized spacial score (nSPS) is 26.9. The van der Waals surface area contributed by atoms with Crippen LogP contribution in [0.15, 0.2) is 17.5 Å². The number of hydrogen-bond acceptors (Lipinski definition) is 3. The fourth-order valence-electron chi connectivity index (χ4n) is 3.81. The highest BCUT2D eigenvalue weighted by molar-refractivity contribution is 7.10. The van der Waals surface area contributed by atoms with Gasteiger partial charge in [-0.15, -0.1) is 11.3 Å². The van der Waals surface area contributed by atoms with Crippen molar-refractivity contribution in [1.29, 1.82) is 0 Å². The Kier molecular flexibility index (Phi) is 4.79. The summed E-state index contributed by atoms with van der Waals surface area (Å²) in [6.07, 6.45) is 10.9. The molecule has 2 unspecified atom stereocenters. The number of hydrogen-bond donors (Lipinski definition) is 1. The lowest BCUT2D eigenvalue weighted by Gasteiger charge is -2.33. The van der Waals surface area contributed by atoms with Gasteiger partial charge in [-0.05, 0) is 43.6 Å². The van der Waals surface area contributed by atoms with Crippen LogP contribution < -0.4 is 5.32 Å². The van der Waals surface area contributed by atoms with Crippen LogP contribution in [0.5, 0.6) is 0 Å². The average molecular weight is 293 g/mol. The lowest BCUT2D eigenvalue weighted by molar-refractivity contribution is -0.0629. The fraction of sp³-hybridized carbons (Fsp3) is 0.765. The summed E-state index contributed by atoms with van der Waals surface area (Å²) in [5.74, 6) is 0. The summed E-state index contributed by atoms with van der Waals surface area (Å²) in [6, 6.07) is 4.89. The van der Waals surface area contributed by atoms with E-state index in [2.05, 4.69) is 29.8 Å². The second kappa shape index (κ2) is 6.59. The standard InChI is InChI=1S/C17H27NOS/c1-2-15(16-7-6-12-20-16)18-13-14-8-11-17(19-14)9-4-3-5-10-17/h6-7,12,14-15,18H,2-5,8-11,13H2,1H3. The number of ether oxygens (including phenoxy) is 1. The van der Waals surface area contributed by atoms with E-state index >= 15 is 0 Å². The zero-order chi connectivity index (χ0) is 13.8. The third-order valence-electron chi connectivity index (χ3n) is 4.99. The molecule has 112 valence electrons. The van der Waals surface area contributed by atoms with E-state index in [1.807, 2.05) is 11.3 Å². The van der Waals surface area contributed by atoms with Gasteiger partial charge in [0.05, 0.1) is 11.7 Å². The van der Waals surface area contributed by atoms with Crippen molar-refractivity contribution in [2.75, 3.05) is 6.54 Å². The van der Waals surface area contributed by atoms with Crippen LogP contribution in [0.1, 0.15) is 69.2 Å². The zero-order valence-corrected chi connectivity index (χ0v) is 13.4. The molecule has 0 amide bonds. The van der Waals surface area contributed by atoms with Crippen LogP contribution in [0.2, 0.25) is 0 Å². The summed E-state index contributed by atoms with van der Waals surface area (Å²) in [7, 11) is 0. The fourth-order valence-corrected chi connectivity index (χ4v) is 4.70. The van der Waals surface area contributed by atoms with E-state index in [0.29, 0.717) is 12.1 Å². The predicted octanol–water partition coefficient (Wildman–Crippen LogP) is 4.67. The highest BCUT2D eigenvalue weighted by Crippen LogP contribution is 2.41. The first kappa shape index (κ1) is 14.6. The summed E-state index contributed by atoms with van der Waals surface area (Å²) >= 11 is 1.86. The number of nitrogens with one attached hydrogen (secondary N) is 1. The molecule has 1 aliphatic carbocycles. The molecule has 1 aromatic heterocycles. The largest absolute Gasteiger partial charge is 0.370 e. The first-order chi connectivity index (χ1) is 9.81. The van der Waals surface area contributed by atoms with Crippen LogP contribution in [-0.4, -0.2) is 18.2 Å². The molecule has 3 rings (SSSR count). The molecule has 2 heterocycles. The molecule has 2 aliphatic rings. The first-order valence-corrected chi connectivity index (χ1v) is 9.14. The summed E-state index contributed by atoms with van der Waals surface area (Å²) in [6.45, 7) is 3.27. The summed E-state index contributed by atoms with van der Waals surface area (Å²) in [5.41, 5.74) is 0.259. The van der Waals surface area contributed by atoms with Crippen molar-refractivity contribution in [2.45, 2.75) is 76.0 Å². The highest BCUT2D eigenvalue weighted by atomic mass is 32.1. The average Bonchev–Trinajstić information content (AvgIpc) is 3.12. The van der Waals surface area contributed by atoms with Gasteiger partial charge in [-0.2, -0.15) is 0 Å². The first-order valence-electron chi connectivity index (χ1n) is 8.26. The van der Waals surface area contributed by atoms with E-state index in [1.165, 1.54) is 49.8 Å². The third-order valence-corrected chi connectivity index (χ3v) is 5.98. The molecule has 0 bridgehead atoms. The van der Waals surface area contributed by atoms with Crippen molar-refractivity contribution in [3.8, 4) is 0 Å². The Hall–Kier alpha value is -0.380. The highest BCUT2D eigenvalue weighted by Gasteiger charge is 2.40. The van der Waals surface area contributed by atoms with Gasteiger partial charge >= 0.3 is 0 Å². The molecule has 1 saturated carbocycles. The minimum Gasteiger partial charge on any atom is -0.370 e. The van der Waals surface area contributed by atoms with Crippen LogP contribution in [0, 0.1) is 0 Å². The van der Waals surface area contributed by atoms with Crippen molar-refractivity contribution >= 4 is 11.3 Å². The Balaban J connectivity index is 1.49. The van der Waals surface area contributed by atoms with Gasteiger partial charge in [0.15, 0.2) is 0 Å². The topological polar surface area (TPSA) is 21.3 Å². The van der Waals surface area contributed by atoms with E-state index in [9.17, 15) is 0 Å². The molecule has 1 N–H and O–H groups in total. The SMILES string of the molecule is CCC(NCC1CCC2(CCCCC2)O1)c1cccs1. The number of rotatable bonds is 5. The Bertz CT molecular complexity index is 397. The summed E-state index contributed by atoms with van der Waals surface area (Å²) < 4.78 is 6.44. The second-order valence-corrected chi connectivity index (χ2v) is 7.39.